The second-order valence-electron chi connectivity index (χ2n) is 3.83. The summed E-state index contributed by atoms with van der Waals surface area (Å²) in [6, 6.07) is 0. The minimum absolute atomic E-state index is 0.145. The standard InChI is InChI=1S/C9H20NO2/c1-4-5-9(12)8-10(2,3)6-7-11/h11H,4-8H2,1-3H3/q+1. The molecule has 0 aliphatic heterocycles. The van der Waals surface area contributed by atoms with Crippen LogP contribution in [0.15, 0.2) is 0 Å². The Morgan fingerprint density at radius 1 is 1.42 bits per heavy atom. The Labute approximate surface area is 74.6 Å². The summed E-state index contributed by atoms with van der Waals surface area (Å²) in [5, 5.41) is 8.72. The Kier molecular flexibility index (Phi) is 5.09. The number of carbonyl (C=O) groups is 1. The van der Waals surface area contributed by atoms with Crippen molar-refractivity contribution in [2.75, 3.05) is 33.8 Å². The summed E-state index contributed by atoms with van der Waals surface area (Å²) in [6.07, 6.45) is 1.57. The number of quaternary nitrogens is 1. The summed E-state index contributed by atoms with van der Waals surface area (Å²) in [5.74, 6) is 0.288. The number of likely N-dealkylation sites (N-methyl/N-ethyl adjacent to an activating group) is 1. The van der Waals surface area contributed by atoms with Crippen LogP contribution in [0.4, 0.5) is 0 Å². The highest BCUT2D eigenvalue weighted by molar-refractivity contribution is 5.79. The smallest absolute Gasteiger partial charge is 0.186 e. The van der Waals surface area contributed by atoms with Crippen molar-refractivity contribution in [2.24, 2.45) is 0 Å². The minimum Gasteiger partial charge on any atom is -0.391 e. The average Bonchev–Trinajstić information content (AvgIpc) is 1.85. The van der Waals surface area contributed by atoms with Crippen molar-refractivity contribution in [2.45, 2.75) is 19.8 Å². The summed E-state index contributed by atoms with van der Waals surface area (Å²) in [6.45, 7) is 3.33. The lowest BCUT2D eigenvalue weighted by atomic mass is 10.2. The zero-order valence-electron chi connectivity index (χ0n) is 8.34. The van der Waals surface area contributed by atoms with Crippen molar-refractivity contribution in [1.29, 1.82) is 0 Å². The molecular weight excluding hydrogens is 154 g/mol. The second kappa shape index (κ2) is 5.27. The molecule has 0 bridgehead atoms. The van der Waals surface area contributed by atoms with E-state index in [2.05, 4.69) is 0 Å². The predicted molar refractivity (Wildman–Crippen MR) is 48.8 cm³/mol. The van der Waals surface area contributed by atoms with Gasteiger partial charge in [0, 0.05) is 6.42 Å². The lowest BCUT2D eigenvalue weighted by Gasteiger charge is -2.27. The van der Waals surface area contributed by atoms with Crippen molar-refractivity contribution < 1.29 is 14.4 Å². The molecule has 0 aliphatic carbocycles. The topological polar surface area (TPSA) is 37.3 Å². The third-order valence-electron chi connectivity index (χ3n) is 1.84. The van der Waals surface area contributed by atoms with Crippen LogP contribution in [-0.4, -0.2) is 49.2 Å². The summed E-state index contributed by atoms with van der Waals surface area (Å²) >= 11 is 0. The van der Waals surface area contributed by atoms with Gasteiger partial charge in [0.1, 0.15) is 13.1 Å². The first-order valence-electron chi connectivity index (χ1n) is 4.46. The molecule has 0 radical (unpaired) electrons. The molecule has 72 valence electrons. The maximum Gasteiger partial charge on any atom is 0.186 e. The van der Waals surface area contributed by atoms with Crippen LogP contribution in [-0.2, 0) is 4.79 Å². The predicted octanol–water partition coefficient (Wildman–Crippen LogP) is 0.424. The van der Waals surface area contributed by atoms with E-state index in [1.54, 1.807) is 0 Å². The van der Waals surface area contributed by atoms with E-state index in [-0.39, 0.29) is 12.4 Å². The monoisotopic (exact) mass is 174 g/mol. The zero-order valence-corrected chi connectivity index (χ0v) is 8.34. The highest BCUT2D eigenvalue weighted by Crippen LogP contribution is 1.99. The lowest BCUT2D eigenvalue weighted by molar-refractivity contribution is -0.882. The molecule has 0 aromatic carbocycles. The van der Waals surface area contributed by atoms with Crippen LogP contribution >= 0.6 is 0 Å². The lowest BCUT2D eigenvalue weighted by Crippen LogP contribution is -2.45. The molecule has 3 nitrogen and oxygen atoms in total. The van der Waals surface area contributed by atoms with Gasteiger partial charge < -0.3 is 9.59 Å². The van der Waals surface area contributed by atoms with Crippen molar-refractivity contribution >= 4 is 5.78 Å². The first-order chi connectivity index (χ1) is 5.52. The number of aliphatic hydroxyl groups excluding tert-OH is 1. The molecule has 1 N–H and O–H groups in total. The van der Waals surface area contributed by atoms with Crippen LogP contribution in [0.25, 0.3) is 0 Å². The Balaban J connectivity index is 3.79. The molecule has 0 saturated heterocycles. The number of nitrogens with zero attached hydrogens (tertiary/aromatic N) is 1. The minimum atomic E-state index is 0.145. The fourth-order valence-electron chi connectivity index (χ4n) is 1.19. The number of hydrogen-bond acceptors (Lipinski definition) is 2. The fourth-order valence-corrected chi connectivity index (χ4v) is 1.19. The van der Waals surface area contributed by atoms with Crippen molar-refractivity contribution in [3.05, 3.63) is 0 Å². The fraction of sp³-hybridized carbons (Fsp3) is 0.889. The van der Waals surface area contributed by atoms with Crippen molar-refractivity contribution in [3.8, 4) is 0 Å². The SMILES string of the molecule is CCCC(=O)C[N+](C)(C)CCO. The number of ketones is 1. The number of carbonyl (C=O) groups excluding carboxylic acids is 1. The highest BCUT2D eigenvalue weighted by atomic mass is 16.3. The van der Waals surface area contributed by atoms with E-state index in [0.717, 1.165) is 6.42 Å². The summed E-state index contributed by atoms with van der Waals surface area (Å²) in [4.78, 5) is 11.2. The maximum atomic E-state index is 11.2. The number of hydrogen-bond donors (Lipinski definition) is 1. The van der Waals surface area contributed by atoms with Gasteiger partial charge in [0.25, 0.3) is 0 Å². The summed E-state index contributed by atoms with van der Waals surface area (Å²) in [7, 11) is 3.92. The van der Waals surface area contributed by atoms with Gasteiger partial charge in [0.2, 0.25) is 0 Å². The Morgan fingerprint density at radius 3 is 2.42 bits per heavy atom. The third-order valence-corrected chi connectivity index (χ3v) is 1.84. The average molecular weight is 174 g/mol. The van der Waals surface area contributed by atoms with E-state index in [9.17, 15) is 4.79 Å². The van der Waals surface area contributed by atoms with E-state index in [1.807, 2.05) is 21.0 Å². The maximum absolute atomic E-state index is 11.2. The molecule has 0 aliphatic rings. The molecule has 0 rings (SSSR count). The van der Waals surface area contributed by atoms with Gasteiger partial charge in [-0.05, 0) is 6.42 Å². The molecule has 0 unspecified atom stereocenters. The molecule has 12 heavy (non-hydrogen) atoms. The van der Waals surface area contributed by atoms with Gasteiger partial charge in [0.15, 0.2) is 5.78 Å². The van der Waals surface area contributed by atoms with Gasteiger partial charge >= 0.3 is 0 Å². The molecule has 0 aromatic rings. The Morgan fingerprint density at radius 2 is 2.00 bits per heavy atom. The van der Waals surface area contributed by atoms with Crippen LogP contribution in [0.2, 0.25) is 0 Å². The molecule has 0 atom stereocenters. The zero-order chi connectivity index (χ0) is 9.61. The molecule has 0 aromatic heterocycles. The molecule has 0 spiro atoms. The molecule has 0 fully saturated rings. The van der Waals surface area contributed by atoms with Gasteiger partial charge in [-0.25, -0.2) is 0 Å². The Hall–Kier alpha value is -0.410. The van der Waals surface area contributed by atoms with Gasteiger partial charge in [-0.1, -0.05) is 6.92 Å². The number of Topliss-reactive ketones (excluding diaryl/α,β-unsaturated/α-hetero) is 1. The van der Waals surface area contributed by atoms with E-state index in [4.69, 9.17) is 5.11 Å². The third kappa shape index (κ3) is 5.27. The molecule has 0 amide bonds. The van der Waals surface area contributed by atoms with Gasteiger partial charge in [0.05, 0.1) is 20.7 Å². The van der Waals surface area contributed by atoms with Gasteiger partial charge in [-0.2, -0.15) is 0 Å². The normalized spacial score (nSPS) is 11.7. The van der Waals surface area contributed by atoms with Crippen LogP contribution in [0.1, 0.15) is 19.8 Å². The quantitative estimate of drug-likeness (QED) is 0.593. The van der Waals surface area contributed by atoms with E-state index >= 15 is 0 Å². The highest BCUT2D eigenvalue weighted by Gasteiger charge is 2.18. The van der Waals surface area contributed by atoms with E-state index in [1.165, 1.54) is 0 Å². The van der Waals surface area contributed by atoms with Crippen LogP contribution < -0.4 is 0 Å². The largest absolute Gasteiger partial charge is 0.391 e. The molecule has 0 saturated carbocycles. The number of aliphatic hydroxyl groups is 1. The van der Waals surface area contributed by atoms with Crippen LogP contribution in [0.3, 0.4) is 0 Å². The van der Waals surface area contributed by atoms with Crippen LogP contribution in [0.5, 0.6) is 0 Å². The van der Waals surface area contributed by atoms with E-state index in [0.29, 0.717) is 24.0 Å². The van der Waals surface area contributed by atoms with Crippen LogP contribution in [0, 0.1) is 0 Å². The molecule has 0 heterocycles. The number of rotatable bonds is 6. The van der Waals surface area contributed by atoms with Crippen molar-refractivity contribution in [3.63, 3.8) is 0 Å². The molecular formula is C9H20NO2+. The van der Waals surface area contributed by atoms with Gasteiger partial charge in [-0.3, -0.25) is 4.79 Å². The van der Waals surface area contributed by atoms with E-state index < -0.39 is 0 Å². The summed E-state index contributed by atoms with van der Waals surface area (Å²) < 4.78 is 0.593. The van der Waals surface area contributed by atoms with Crippen molar-refractivity contribution in [1.82, 2.24) is 0 Å². The summed E-state index contributed by atoms with van der Waals surface area (Å²) in [5.41, 5.74) is 0. The Bertz CT molecular complexity index is 143. The second-order valence-corrected chi connectivity index (χ2v) is 3.83. The first kappa shape index (κ1) is 11.6. The first-order valence-corrected chi connectivity index (χ1v) is 4.46. The molecule has 3 heteroatoms. The van der Waals surface area contributed by atoms with Gasteiger partial charge in [-0.15, -0.1) is 0 Å².